The maximum atomic E-state index is 5.37. The second-order valence-electron chi connectivity index (χ2n) is 5.12. The number of nitrogens with zero attached hydrogens (tertiary/aromatic N) is 2. The number of guanidine groups is 1. The minimum absolute atomic E-state index is 0.669. The zero-order valence-corrected chi connectivity index (χ0v) is 13.4. The average Bonchev–Trinajstić information content (AvgIpc) is 2.52. The highest BCUT2D eigenvalue weighted by Crippen LogP contribution is 2.35. The minimum atomic E-state index is 0.669. The van der Waals surface area contributed by atoms with Crippen LogP contribution in [0.25, 0.3) is 0 Å². The Hall–Kier alpha value is -1.91. The molecule has 0 unspecified atom stereocenters. The van der Waals surface area contributed by atoms with Crippen LogP contribution < -0.4 is 14.8 Å². The van der Waals surface area contributed by atoms with E-state index in [1.54, 1.807) is 14.2 Å². The Kier molecular flexibility index (Phi) is 5.31. The topological polar surface area (TPSA) is 46.1 Å². The molecule has 0 saturated heterocycles. The van der Waals surface area contributed by atoms with Crippen molar-refractivity contribution in [1.29, 1.82) is 0 Å². The minimum Gasteiger partial charge on any atom is -0.493 e. The Labute approximate surface area is 127 Å². The van der Waals surface area contributed by atoms with Crippen LogP contribution >= 0.6 is 0 Å². The SMILES string of the molecule is CCCN(CCC)C1=NCc2cc(OC)c(OC)cc2N1. The van der Waals surface area contributed by atoms with Gasteiger partial charge < -0.3 is 19.7 Å². The van der Waals surface area contributed by atoms with Gasteiger partial charge in [0.05, 0.1) is 20.8 Å². The highest BCUT2D eigenvalue weighted by Gasteiger charge is 2.19. The van der Waals surface area contributed by atoms with Crippen molar-refractivity contribution in [2.24, 2.45) is 4.99 Å². The summed E-state index contributed by atoms with van der Waals surface area (Å²) >= 11 is 0. The summed E-state index contributed by atoms with van der Waals surface area (Å²) in [7, 11) is 3.31. The molecule has 0 amide bonds. The van der Waals surface area contributed by atoms with Crippen molar-refractivity contribution in [3.8, 4) is 11.5 Å². The van der Waals surface area contributed by atoms with Crippen molar-refractivity contribution < 1.29 is 9.47 Å². The number of rotatable bonds is 6. The molecule has 2 rings (SSSR count). The molecule has 1 heterocycles. The molecular formula is C16H25N3O2. The van der Waals surface area contributed by atoms with Gasteiger partial charge in [0.25, 0.3) is 0 Å². The fourth-order valence-corrected chi connectivity index (χ4v) is 2.53. The first-order valence-corrected chi connectivity index (χ1v) is 7.54. The monoisotopic (exact) mass is 291 g/mol. The summed E-state index contributed by atoms with van der Waals surface area (Å²) in [6, 6.07) is 3.98. The van der Waals surface area contributed by atoms with Gasteiger partial charge in [-0.05, 0) is 18.9 Å². The Morgan fingerprint density at radius 3 is 2.29 bits per heavy atom. The van der Waals surface area contributed by atoms with Crippen molar-refractivity contribution in [1.82, 2.24) is 4.90 Å². The molecule has 0 aromatic heterocycles. The highest BCUT2D eigenvalue weighted by molar-refractivity contribution is 5.96. The van der Waals surface area contributed by atoms with E-state index in [0.717, 1.165) is 54.6 Å². The van der Waals surface area contributed by atoms with E-state index in [2.05, 4.69) is 29.1 Å². The predicted molar refractivity (Wildman–Crippen MR) is 86.5 cm³/mol. The summed E-state index contributed by atoms with van der Waals surface area (Å²) in [4.78, 5) is 6.98. The van der Waals surface area contributed by atoms with E-state index >= 15 is 0 Å². The van der Waals surface area contributed by atoms with Gasteiger partial charge in [0.15, 0.2) is 17.5 Å². The number of nitrogens with one attached hydrogen (secondary N) is 1. The van der Waals surface area contributed by atoms with Crippen molar-refractivity contribution in [3.63, 3.8) is 0 Å². The lowest BCUT2D eigenvalue weighted by molar-refractivity contribution is 0.354. The first kappa shape index (κ1) is 15.5. The van der Waals surface area contributed by atoms with E-state index in [9.17, 15) is 0 Å². The van der Waals surface area contributed by atoms with Crippen LogP contribution in [-0.2, 0) is 6.54 Å². The third kappa shape index (κ3) is 3.40. The zero-order chi connectivity index (χ0) is 15.2. The van der Waals surface area contributed by atoms with Crippen LogP contribution in [0.15, 0.2) is 17.1 Å². The van der Waals surface area contributed by atoms with E-state index in [-0.39, 0.29) is 0 Å². The van der Waals surface area contributed by atoms with Gasteiger partial charge in [0.2, 0.25) is 0 Å². The number of methoxy groups -OCH3 is 2. The maximum absolute atomic E-state index is 5.37. The average molecular weight is 291 g/mol. The standard InChI is InChI=1S/C16H25N3O2/c1-5-7-19(8-6-2)16-17-11-12-9-14(20-3)15(21-4)10-13(12)18-16/h9-10H,5-8,11H2,1-4H3,(H,17,18). The van der Waals surface area contributed by atoms with E-state index in [1.807, 2.05) is 12.1 Å². The number of hydrogen-bond acceptors (Lipinski definition) is 5. The van der Waals surface area contributed by atoms with Gasteiger partial charge >= 0.3 is 0 Å². The van der Waals surface area contributed by atoms with E-state index in [1.165, 1.54) is 0 Å². The summed E-state index contributed by atoms with van der Waals surface area (Å²) in [5, 5.41) is 3.43. The Bertz CT molecular complexity index is 508. The summed E-state index contributed by atoms with van der Waals surface area (Å²) in [6.45, 7) is 7.08. The zero-order valence-electron chi connectivity index (χ0n) is 13.4. The fraction of sp³-hybridized carbons (Fsp3) is 0.562. The summed E-state index contributed by atoms with van der Waals surface area (Å²) in [6.07, 6.45) is 2.22. The third-order valence-corrected chi connectivity index (χ3v) is 3.54. The molecule has 0 saturated carbocycles. The van der Waals surface area contributed by atoms with E-state index in [4.69, 9.17) is 9.47 Å². The highest BCUT2D eigenvalue weighted by atomic mass is 16.5. The van der Waals surface area contributed by atoms with Crippen LogP contribution in [-0.4, -0.2) is 38.2 Å². The molecule has 0 radical (unpaired) electrons. The molecule has 116 valence electrons. The quantitative estimate of drug-likeness (QED) is 0.875. The van der Waals surface area contributed by atoms with Crippen molar-refractivity contribution >= 4 is 11.6 Å². The molecule has 0 atom stereocenters. The van der Waals surface area contributed by atoms with Gasteiger partial charge in [0.1, 0.15) is 0 Å². The summed E-state index contributed by atoms with van der Waals surface area (Å²) in [5.74, 6) is 2.44. The maximum Gasteiger partial charge on any atom is 0.198 e. The van der Waals surface area contributed by atoms with Crippen LogP contribution in [0, 0.1) is 0 Å². The van der Waals surface area contributed by atoms with Gasteiger partial charge in [-0.1, -0.05) is 13.8 Å². The van der Waals surface area contributed by atoms with Crippen LogP contribution in [0.5, 0.6) is 11.5 Å². The van der Waals surface area contributed by atoms with Crippen molar-refractivity contribution in [3.05, 3.63) is 17.7 Å². The van der Waals surface area contributed by atoms with Crippen LogP contribution in [0.4, 0.5) is 5.69 Å². The molecule has 1 N–H and O–H groups in total. The number of hydrogen-bond donors (Lipinski definition) is 1. The molecule has 1 aliphatic rings. The first-order valence-electron chi connectivity index (χ1n) is 7.54. The van der Waals surface area contributed by atoms with Crippen LogP contribution in [0.3, 0.4) is 0 Å². The number of ether oxygens (including phenoxy) is 2. The molecule has 1 aliphatic heterocycles. The second kappa shape index (κ2) is 7.20. The van der Waals surface area contributed by atoms with Crippen LogP contribution in [0.1, 0.15) is 32.3 Å². The summed E-state index contributed by atoms with van der Waals surface area (Å²) in [5.41, 5.74) is 2.18. The molecule has 0 fully saturated rings. The van der Waals surface area contributed by atoms with Gasteiger partial charge in [-0.15, -0.1) is 0 Å². The molecule has 5 nitrogen and oxygen atoms in total. The van der Waals surface area contributed by atoms with Crippen LogP contribution in [0.2, 0.25) is 0 Å². The summed E-state index contributed by atoms with van der Waals surface area (Å²) < 4.78 is 10.7. The lowest BCUT2D eigenvalue weighted by Crippen LogP contribution is -2.39. The van der Waals surface area contributed by atoms with Gasteiger partial charge in [-0.2, -0.15) is 0 Å². The van der Waals surface area contributed by atoms with Crippen molar-refractivity contribution in [2.45, 2.75) is 33.2 Å². The first-order chi connectivity index (χ1) is 10.2. The molecule has 0 aliphatic carbocycles. The molecule has 1 aromatic rings. The number of fused-ring (bicyclic) bond motifs is 1. The molecule has 21 heavy (non-hydrogen) atoms. The molecule has 0 bridgehead atoms. The third-order valence-electron chi connectivity index (χ3n) is 3.54. The Morgan fingerprint density at radius 1 is 1.10 bits per heavy atom. The Morgan fingerprint density at radius 2 is 1.71 bits per heavy atom. The largest absolute Gasteiger partial charge is 0.493 e. The molecule has 0 spiro atoms. The lowest BCUT2D eigenvalue weighted by Gasteiger charge is -2.29. The van der Waals surface area contributed by atoms with Gasteiger partial charge in [-0.3, -0.25) is 0 Å². The fourth-order valence-electron chi connectivity index (χ4n) is 2.53. The number of benzene rings is 1. The number of anilines is 1. The molecule has 1 aromatic carbocycles. The van der Waals surface area contributed by atoms with E-state index < -0.39 is 0 Å². The molecular weight excluding hydrogens is 266 g/mol. The van der Waals surface area contributed by atoms with Gasteiger partial charge in [0, 0.05) is 30.4 Å². The Balaban J connectivity index is 2.23. The van der Waals surface area contributed by atoms with Crippen molar-refractivity contribution in [2.75, 3.05) is 32.6 Å². The van der Waals surface area contributed by atoms with E-state index in [0.29, 0.717) is 6.54 Å². The number of aliphatic imine (C=N–C) groups is 1. The lowest BCUT2D eigenvalue weighted by atomic mass is 10.1. The molecule has 5 heteroatoms. The van der Waals surface area contributed by atoms with Gasteiger partial charge in [-0.25, -0.2) is 4.99 Å². The predicted octanol–water partition coefficient (Wildman–Crippen LogP) is 3.11. The smallest absolute Gasteiger partial charge is 0.198 e. The normalized spacial score (nSPS) is 13.0. The second-order valence-corrected chi connectivity index (χ2v) is 5.12.